The minimum Gasteiger partial charge on any atom is -0.379 e. The molecule has 1 aromatic heterocycles. The Balaban J connectivity index is 2.02. The average Bonchev–Trinajstić information content (AvgIpc) is 2.84. The molecule has 0 radical (unpaired) electrons. The lowest BCUT2D eigenvalue weighted by molar-refractivity contribution is -0.384. The topological polar surface area (TPSA) is 68.1 Å². The van der Waals surface area contributed by atoms with E-state index in [1.807, 2.05) is 5.38 Å². The number of nitro benzene ring substituents is 1. The second-order valence-electron chi connectivity index (χ2n) is 3.52. The first-order chi connectivity index (χ1) is 8.66. The summed E-state index contributed by atoms with van der Waals surface area (Å²) < 4.78 is 0.694. The van der Waals surface area contributed by atoms with E-state index >= 15 is 0 Å². The van der Waals surface area contributed by atoms with Crippen molar-refractivity contribution in [3.8, 4) is 0 Å². The predicted molar refractivity (Wildman–Crippen MR) is 75.1 cm³/mol. The highest BCUT2D eigenvalue weighted by Crippen LogP contribution is 2.27. The Kier molecular flexibility index (Phi) is 4.27. The lowest BCUT2D eigenvalue weighted by atomic mass is 10.2. The molecule has 0 aliphatic heterocycles. The van der Waals surface area contributed by atoms with Crippen molar-refractivity contribution in [1.29, 1.82) is 0 Å². The number of nitrogens with one attached hydrogen (secondary N) is 1. The Morgan fingerprint density at radius 1 is 1.50 bits per heavy atom. The minimum atomic E-state index is -0.392. The van der Waals surface area contributed by atoms with Gasteiger partial charge in [-0.1, -0.05) is 15.9 Å². The van der Waals surface area contributed by atoms with Gasteiger partial charge in [-0.15, -0.1) is 11.3 Å². The number of nitrogens with zero attached hydrogens (tertiary/aromatic N) is 2. The van der Waals surface area contributed by atoms with E-state index in [1.54, 1.807) is 29.7 Å². The maximum atomic E-state index is 10.9. The Morgan fingerprint density at radius 3 is 3.00 bits per heavy atom. The molecule has 1 aromatic carbocycles. The number of rotatable bonds is 5. The van der Waals surface area contributed by atoms with E-state index in [2.05, 4.69) is 26.2 Å². The molecule has 0 aliphatic rings. The van der Waals surface area contributed by atoms with Gasteiger partial charge in [-0.25, -0.2) is 4.98 Å². The molecule has 0 fully saturated rings. The summed E-state index contributed by atoms with van der Waals surface area (Å²) in [5.41, 5.74) is 0.600. The Bertz CT molecular complexity index is 545. The molecule has 1 heterocycles. The smallest absolute Gasteiger partial charge is 0.293 e. The van der Waals surface area contributed by atoms with Crippen molar-refractivity contribution in [3.63, 3.8) is 0 Å². The van der Waals surface area contributed by atoms with Gasteiger partial charge >= 0.3 is 0 Å². The number of nitro groups is 1. The van der Waals surface area contributed by atoms with E-state index in [0.29, 0.717) is 16.7 Å². The van der Waals surface area contributed by atoms with E-state index in [-0.39, 0.29) is 5.69 Å². The minimum absolute atomic E-state index is 0.0727. The van der Waals surface area contributed by atoms with Crippen LogP contribution < -0.4 is 5.32 Å². The standard InChI is InChI=1S/C11H10BrN3O2S/c12-8-1-2-9(10(7-8)15(16)17)13-4-3-11-14-5-6-18-11/h1-2,5-7,13H,3-4H2. The van der Waals surface area contributed by atoms with Crippen LogP contribution >= 0.6 is 27.3 Å². The van der Waals surface area contributed by atoms with E-state index < -0.39 is 4.92 Å². The van der Waals surface area contributed by atoms with Gasteiger partial charge in [0, 0.05) is 35.1 Å². The molecule has 2 rings (SSSR count). The van der Waals surface area contributed by atoms with Crippen LogP contribution in [0.1, 0.15) is 5.01 Å². The number of halogens is 1. The van der Waals surface area contributed by atoms with Crippen molar-refractivity contribution < 1.29 is 4.92 Å². The second-order valence-corrected chi connectivity index (χ2v) is 5.42. The monoisotopic (exact) mass is 327 g/mol. The number of anilines is 1. The van der Waals surface area contributed by atoms with Gasteiger partial charge in [-0.05, 0) is 12.1 Å². The normalized spacial score (nSPS) is 10.3. The highest BCUT2D eigenvalue weighted by Gasteiger charge is 2.13. The van der Waals surface area contributed by atoms with Crippen molar-refractivity contribution in [2.45, 2.75) is 6.42 Å². The van der Waals surface area contributed by atoms with Crippen molar-refractivity contribution in [1.82, 2.24) is 4.98 Å². The predicted octanol–water partition coefficient (Wildman–Crippen LogP) is 3.47. The number of thiazole rings is 1. The summed E-state index contributed by atoms with van der Waals surface area (Å²) in [6.07, 6.45) is 2.51. The maximum absolute atomic E-state index is 10.9. The first-order valence-corrected chi connectivity index (χ1v) is 6.90. The molecule has 0 saturated heterocycles. The van der Waals surface area contributed by atoms with Gasteiger partial charge in [0.15, 0.2) is 0 Å². The molecule has 0 atom stereocenters. The van der Waals surface area contributed by atoms with Crippen LogP contribution in [0.15, 0.2) is 34.2 Å². The SMILES string of the molecule is O=[N+]([O-])c1cc(Br)ccc1NCCc1nccs1. The molecular formula is C11H10BrN3O2S. The number of hydrogen-bond acceptors (Lipinski definition) is 5. The molecule has 0 spiro atoms. The Morgan fingerprint density at radius 2 is 2.33 bits per heavy atom. The van der Waals surface area contributed by atoms with Crippen LogP contribution in [0.5, 0.6) is 0 Å². The fraction of sp³-hybridized carbons (Fsp3) is 0.182. The van der Waals surface area contributed by atoms with Crippen molar-refractivity contribution >= 4 is 38.6 Å². The quantitative estimate of drug-likeness (QED) is 0.674. The van der Waals surface area contributed by atoms with Crippen LogP contribution in [0, 0.1) is 10.1 Å². The Hall–Kier alpha value is -1.47. The van der Waals surface area contributed by atoms with Crippen molar-refractivity contribution in [2.24, 2.45) is 0 Å². The highest BCUT2D eigenvalue weighted by molar-refractivity contribution is 9.10. The third-order valence-corrected chi connectivity index (χ3v) is 3.63. The molecule has 0 bridgehead atoms. The van der Waals surface area contributed by atoms with Gasteiger partial charge in [-0.2, -0.15) is 0 Å². The van der Waals surface area contributed by atoms with Crippen LogP contribution in [0.3, 0.4) is 0 Å². The zero-order chi connectivity index (χ0) is 13.0. The van der Waals surface area contributed by atoms with Gasteiger partial charge in [-0.3, -0.25) is 10.1 Å². The lowest BCUT2D eigenvalue weighted by Gasteiger charge is -2.06. The molecule has 7 heteroatoms. The van der Waals surface area contributed by atoms with Crippen molar-refractivity contribution in [2.75, 3.05) is 11.9 Å². The fourth-order valence-electron chi connectivity index (χ4n) is 1.49. The van der Waals surface area contributed by atoms with Crippen LogP contribution in [0.25, 0.3) is 0 Å². The summed E-state index contributed by atoms with van der Waals surface area (Å²) in [4.78, 5) is 14.7. The highest BCUT2D eigenvalue weighted by atomic mass is 79.9. The summed E-state index contributed by atoms with van der Waals surface area (Å²) in [6, 6.07) is 4.97. The third kappa shape index (κ3) is 3.27. The van der Waals surface area contributed by atoms with Crippen LogP contribution in [-0.2, 0) is 6.42 Å². The lowest BCUT2D eigenvalue weighted by Crippen LogP contribution is -2.06. The summed E-state index contributed by atoms with van der Waals surface area (Å²) in [5.74, 6) is 0. The molecule has 2 aromatic rings. The average molecular weight is 328 g/mol. The maximum Gasteiger partial charge on any atom is 0.293 e. The summed E-state index contributed by atoms with van der Waals surface area (Å²) >= 11 is 4.80. The van der Waals surface area contributed by atoms with Crippen LogP contribution in [0.4, 0.5) is 11.4 Å². The molecule has 94 valence electrons. The first kappa shape index (κ1) is 13.0. The molecule has 0 aliphatic carbocycles. The van der Waals surface area contributed by atoms with E-state index in [9.17, 15) is 10.1 Å². The van der Waals surface area contributed by atoms with E-state index in [4.69, 9.17) is 0 Å². The van der Waals surface area contributed by atoms with Gasteiger partial charge < -0.3 is 5.32 Å². The van der Waals surface area contributed by atoms with Crippen LogP contribution in [-0.4, -0.2) is 16.5 Å². The van der Waals surface area contributed by atoms with Gasteiger partial charge in [0.05, 0.1) is 9.93 Å². The molecule has 0 saturated carbocycles. The second kappa shape index (κ2) is 5.92. The summed E-state index contributed by atoms with van der Waals surface area (Å²) in [6.45, 7) is 0.621. The first-order valence-electron chi connectivity index (χ1n) is 5.23. The number of aromatic nitrogens is 1. The van der Waals surface area contributed by atoms with Crippen LogP contribution in [0.2, 0.25) is 0 Å². The summed E-state index contributed by atoms with van der Waals surface area (Å²) in [7, 11) is 0. The molecule has 5 nitrogen and oxygen atoms in total. The molecule has 0 unspecified atom stereocenters. The zero-order valence-electron chi connectivity index (χ0n) is 9.30. The number of benzene rings is 1. The van der Waals surface area contributed by atoms with E-state index in [0.717, 1.165) is 11.4 Å². The molecule has 1 N–H and O–H groups in total. The van der Waals surface area contributed by atoms with Gasteiger partial charge in [0.2, 0.25) is 0 Å². The Labute approximate surface area is 116 Å². The third-order valence-electron chi connectivity index (χ3n) is 2.29. The van der Waals surface area contributed by atoms with Crippen molar-refractivity contribution in [3.05, 3.63) is 49.4 Å². The summed E-state index contributed by atoms with van der Waals surface area (Å²) in [5, 5.41) is 16.9. The molecule has 18 heavy (non-hydrogen) atoms. The fourth-order valence-corrected chi connectivity index (χ4v) is 2.46. The van der Waals surface area contributed by atoms with Gasteiger partial charge in [0.25, 0.3) is 5.69 Å². The number of hydrogen-bond donors (Lipinski definition) is 1. The largest absolute Gasteiger partial charge is 0.379 e. The van der Waals surface area contributed by atoms with Gasteiger partial charge in [0.1, 0.15) is 5.69 Å². The molecule has 0 amide bonds. The molecular weight excluding hydrogens is 318 g/mol. The zero-order valence-corrected chi connectivity index (χ0v) is 11.7. The van der Waals surface area contributed by atoms with E-state index in [1.165, 1.54) is 6.07 Å².